The van der Waals surface area contributed by atoms with Crippen LogP contribution in [0.4, 0.5) is 9.52 Å². The molecule has 10 heteroatoms. The molecule has 2 aromatic carbocycles. The Bertz CT molecular complexity index is 1410. The van der Waals surface area contributed by atoms with Crippen LogP contribution in [0.3, 0.4) is 0 Å². The molecule has 39 heavy (non-hydrogen) atoms. The molecule has 8 nitrogen and oxygen atoms in total. The van der Waals surface area contributed by atoms with Crippen molar-refractivity contribution in [2.45, 2.75) is 64.9 Å². The molecule has 0 radical (unpaired) electrons. The number of carbonyl (C=O) groups excluding carboxylic acids is 1. The Labute approximate surface area is 232 Å². The van der Waals surface area contributed by atoms with Gasteiger partial charge in [0.1, 0.15) is 16.6 Å². The van der Waals surface area contributed by atoms with Crippen LogP contribution in [0.2, 0.25) is 0 Å². The smallest absolute Gasteiger partial charge is 0.258 e. The van der Waals surface area contributed by atoms with Crippen LogP contribution in [-0.2, 0) is 7.05 Å². The monoisotopic (exact) mass is 553 g/mol. The van der Waals surface area contributed by atoms with E-state index in [1.807, 2.05) is 7.05 Å². The topological polar surface area (TPSA) is 102 Å². The van der Waals surface area contributed by atoms with Gasteiger partial charge >= 0.3 is 0 Å². The first-order valence-electron chi connectivity index (χ1n) is 13.4. The number of amides is 1. The number of carbonyl (C=O) groups is 1. The molecule has 0 aliphatic heterocycles. The van der Waals surface area contributed by atoms with Crippen LogP contribution in [0.5, 0.6) is 5.75 Å². The lowest BCUT2D eigenvalue weighted by Crippen LogP contribution is -2.17. The number of halogens is 1. The van der Waals surface area contributed by atoms with Gasteiger partial charge in [-0.1, -0.05) is 43.6 Å². The molecule has 208 valence electrons. The molecule has 0 bridgehead atoms. The van der Waals surface area contributed by atoms with Crippen molar-refractivity contribution < 1.29 is 19.0 Å². The highest BCUT2D eigenvalue weighted by Crippen LogP contribution is 2.37. The van der Waals surface area contributed by atoms with Crippen LogP contribution in [-0.4, -0.2) is 44.0 Å². The van der Waals surface area contributed by atoms with Gasteiger partial charge in [-0.05, 0) is 62.8 Å². The van der Waals surface area contributed by atoms with Crippen LogP contribution >= 0.6 is 11.3 Å². The maximum absolute atomic E-state index is 14.7. The summed E-state index contributed by atoms with van der Waals surface area (Å²) in [4.78, 5) is 17.4. The minimum atomic E-state index is -0.490. The highest BCUT2D eigenvalue weighted by molar-refractivity contribution is 7.15. The Morgan fingerprint density at radius 2 is 2.00 bits per heavy atom. The van der Waals surface area contributed by atoms with Crippen molar-refractivity contribution in [3.05, 3.63) is 53.0 Å². The maximum Gasteiger partial charge on any atom is 0.258 e. The highest BCUT2D eigenvalue weighted by Gasteiger charge is 2.22. The molecule has 1 saturated carbocycles. The molecular weight excluding hydrogens is 517 g/mol. The van der Waals surface area contributed by atoms with Crippen LogP contribution in [0.25, 0.3) is 22.2 Å². The zero-order chi connectivity index (χ0) is 27.9. The summed E-state index contributed by atoms with van der Waals surface area (Å²) in [5.74, 6) is 0.351. The van der Waals surface area contributed by atoms with E-state index < -0.39 is 11.7 Å². The molecule has 1 aliphatic rings. The van der Waals surface area contributed by atoms with Crippen molar-refractivity contribution in [3.8, 4) is 16.9 Å². The van der Waals surface area contributed by atoms with Gasteiger partial charge in [-0.25, -0.2) is 9.37 Å². The number of rotatable bonds is 7. The maximum atomic E-state index is 14.7. The number of anilines is 1. The second-order valence-electron chi connectivity index (χ2n) is 9.96. The summed E-state index contributed by atoms with van der Waals surface area (Å²) in [6, 6.07) is 7.91. The number of aromatic nitrogens is 4. The summed E-state index contributed by atoms with van der Waals surface area (Å²) in [5, 5.41) is 20.9. The quantitative estimate of drug-likeness (QED) is 0.270. The molecule has 0 unspecified atom stereocenters. The predicted octanol–water partition coefficient (Wildman–Crippen LogP) is 6.53. The van der Waals surface area contributed by atoms with Crippen molar-refractivity contribution in [2.75, 3.05) is 12.4 Å². The number of ether oxygens (including phenoxy) is 1. The minimum Gasteiger partial charge on any atom is -0.496 e. The molecule has 4 aromatic rings. The molecular formula is C29H36FN5O3S. The number of benzene rings is 2. The van der Waals surface area contributed by atoms with Gasteiger partial charge in [-0.15, -0.1) is 10.2 Å². The van der Waals surface area contributed by atoms with E-state index >= 15 is 0 Å². The fourth-order valence-corrected chi connectivity index (χ4v) is 5.53. The van der Waals surface area contributed by atoms with E-state index in [4.69, 9.17) is 4.74 Å². The molecule has 2 N–H and O–H groups in total. The first-order chi connectivity index (χ1) is 18.8. The van der Waals surface area contributed by atoms with E-state index in [2.05, 4.69) is 27.4 Å². The number of fused-ring (bicyclic) bond motifs is 1. The number of aliphatic hydroxyl groups excluding tert-OH is 1. The number of hydrogen-bond acceptors (Lipinski definition) is 7. The summed E-state index contributed by atoms with van der Waals surface area (Å²) >= 11 is 1.26. The Hall–Kier alpha value is -3.37. The third kappa shape index (κ3) is 6.99. The normalized spacial score (nSPS) is 17.0. The number of aliphatic hydroxyl groups is 1. The average Bonchev–Trinajstić information content (AvgIpc) is 3.51. The van der Waals surface area contributed by atoms with Crippen molar-refractivity contribution in [2.24, 2.45) is 13.0 Å². The lowest BCUT2D eigenvalue weighted by molar-refractivity contribution is 0.102. The zero-order valence-electron chi connectivity index (χ0n) is 22.9. The first-order valence-corrected chi connectivity index (χ1v) is 14.2. The van der Waals surface area contributed by atoms with Gasteiger partial charge in [-0.3, -0.25) is 10.1 Å². The van der Waals surface area contributed by atoms with E-state index in [0.29, 0.717) is 22.0 Å². The van der Waals surface area contributed by atoms with Crippen molar-refractivity contribution in [1.29, 1.82) is 0 Å². The van der Waals surface area contributed by atoms with Gasteiger partial charge in [-0.2, -0.15) is 0 Å². The Balaban J connectivity index is 0.000000270. The molecule has 0 atom stereocenters. The van der Waals surface area contributed by atoms with Gasteiger partial charge in [0.05, 0.1) is 41.7 Å². The van der Waals surface area contributed by atoms with Crippen LogP contribution < -0.4 is 10.1 Å². The Kier molecular flexibility index (Phi) is 9.63. The third-order valence-corrected chi connectivity index (χ3v) is 7.86. The summed E-state index contributed by atoms with van der Waals surface area (Å²) in [6.07, 6.45) is 10.4. The molecule has 1 fully saturated rings. The number of unbranched alkanes of at least 4 members (excludes halogenated alkanes) is 1. The van der Waals surface area contributed by atoms with Crippen molar-refractivity contribution >= 4 is 33.4 Å². The zero-order valence-corrected chi connectivity index (χ0v) is 23.7. The second-order valence-corrected chi connectivity index (χ2v) is 11.1. The summed E-state index contributed by atoms with van der Waals surface area (Å²) in [5.41, 5.74) is 2.27. The first kappa shape index (κ1) is 28.6. The number of nitrogens with one attached hydrogen (secondary N) is 1. The molecule has 0 spiro atoms. The van der Waals surface area contributed by atoms with Crippen LogP contribution in [0, 0.1) is 18.7 Å². The lowest BCUT2D eigenvalue weighted by atomic mass is 9.84. The minimum absolute atomic E-state index is 0.0212. The van der Waals surface area contributed by atoms with Gasteiger partial charge in [0.15, 0.2) is 0 Å². The van der Waals surface area contributed by atoms with E-state index in [0.717, 1.165) is 29.3 Å². The van der Waals surface area contributed by atoms with E-state index in [-0.39, 0.29) is 17.2 Å². The number of hydrogen-bond donors (Lipinski definition) is 2. The van der Waals surface area contributed by atoms with E-state index in [9.17, 15) is 14.3 Å². The fraction of sp³-hybridized carbons (Fsp3) is 0.448. The molecule has 2 heterocycles. The molecule has 1 aliphatic carbocycles. The van der Waals surface area contributed by atoms with Crippen molar-refractivity contribution in [3.63, 3.8) is 0 Å². The summed E-state index contributed by atoms with van der Waals surface area (Å²) in [7, 11) is 3.29. The molecule has 5 rings (SSSR count). The van der Waals surface area contributed by atoms with E-state index in [1.165, 1.54) is 56.6 Å². The third-order valence-electron chi connectivity index (χ3n) is 7.10. The van der Waals surface area contributed by atoms with Gasteiger partial charge < -0.3 is 14.4 Å². The van der Waals surface area contributed by atoms with Gasteiger partial charge in [0.25, 0.3) is 5.91 Å². The number of aryl methyl sites for hydroxylation is 2. The lowest BCUT2D eigenvalue weighted by Gasteiger charge is -2.24. The van der Waals surface area contributed by atoms with Crippen LogP contribution in [0.1, 0.15) is 67.2 Å². The summed E-state index contributed by atoms with van der Waals surface area (Å²) in [6.45, 7) is 4.04. The Morgan fingerprint density at radius 1 is 1.23 bits per heavy atom. The molecule has 1 amide bonds. The standard InChI is InChI=1S/C19H16FN5O2S.C10H20O/c1-10-23-24-19(28-10)22-18(26)12-8-15-14(21-9-25(15)2)7-11(12)17-13(20)5-4-6-16(17)27-3;1-2-3-4-9-5-7-10(11)8-6-9/h4-9H,1-3H3,(H,22,24,26);9-11H,2-8H2,1H3. The van der Waals surface area contributed by atoms with E-state index in [1.54, 1.807) is 42.1 Å². The Morgan fingerprint density at radius 3 is 2.67 bits per heavy atom. The number of imidazole rings is 1. The van der Waals surface area contributed by atoms with Gasteiger partial charge in [0, 0.05) is 12.6 Å². The molecule has 2 aromatic heterocycles. The number of nitrogens with zero attached hydrogens (tertiary/aromatic N) is 4. The fourth-order valence-electron chi connectivity index (χ4n) is 4.94. The average molecular weight is 554 g/mol. The summed E-state index contributed by atoms with van der Waals surface area (Å²) < 4.78 is 21.9. The van der Waals surface area contributed by atoms with Gasteiger partial charge in [0.2, 0.25) is 5.13 Å². The largest absolute Gasteiger partial charge is 0.496 e. The molecule has 0 saturated heterocycles. The highest BCUT2D eigenvalue weighted by atomic mass is 32.1. The van der Waals surface area contributed by atoms with Crippen molar-refractivity contribution in [1.82, 2.24) is 19.7 Å². The van der Waals surface area contributed by atoms with Crippen LogP contribution in [0.15, 0.2) is 36.7 Å². The predicted molar refractivity (Wildman–Crippen MR) is 153 cm³/mol. The number of methoxy groups -OCH3 is 1. The SMILES string of the molecule is CCCCC1CCC(O)CC1.COc1cccc(F)c1-c1cc2ncn(C)c2cc1C(=O)Nc1nnc(C)s1. The second kappa shape index (κ2) is 13.1.